The highest BCUT2D eigenvalue weighted by Gasteiger charge is 2.24. The van der Waals surface area contributed by atoms with Crippen LogP contribution in [-0.2, 0) is 9.53 Å². The first kappa shape index (κ1) is 12.1. The van der Waals surface area contributed by atoms with E-state index in [1.165, 1.54) is 0 Å². The van der Waals surface area contributed by atoms with Crippen LogP contribution in [0.1, 0.15) is 24.5 Å². The Morgan fingerprint density at radius 3 is 2.76 bits per heavy atom. The lowest BCUT2D eigenvalue weighted by molar-refractivity contribution is -0.134. The zero-order valence-electron chi connectivity index (χ0n) is 9.76. The molecule has 1 fully saturated rings. The Balaban J connectivity index is 2.05. The van der Waals surface area contributed by atoms with Crippen molar-refractivity contribution in [3.63, 3.8) is 0 Å². The Labute approximate surface area is 101 Å². The Kier molecular flexibility index (Phi) is 4.12. The van der Waals surface area contributed by atoms with Crippen LogP contribution in [0.3, 0.4) is 0 Å². The number of rotatable bonds is 4. The number of ether oxygens (including phenoxy) is 1. The molecular formula is C13H18N2O2. The molecule has 0 saturated carbocycles. The first-order valence-corrected chi connectivity index (χ1v) is 5.98. The van der Waals surface area contributed by atoms with E-state index in [0.717, 1.165) is 31.5 Å². The maximum absolute atomic E-state index is 11.5. The van der Waals surface area contributed by atoms with Gasteiger partial charge in [0.2, 0.25) is 0 Å². The minimum absolute atomic E-state index is 0.0708. The minimum atomic E-state index is -0.638. The van der Waals surface area contributed by atoms with Crippen LogP contribution in [0.4, 0.5) is 0 Å². The third-order valence-electron chi connectivity index (χ3n) is 2.94. The largest absolute Gasteiger partial charge is 0.367 e. The number of hydrogen-bond donors (Lipinski definition) is 2. The van der Waals surface area contributed by atoms with Gasteiger partial charge in [-0.05, 0) is 24.9 Å². The van der Waals surface area contributed by atoms with E-state index in [1.54, 1.807) is 0 Å². The van der Waals surface area contributed by atoms with Crippen molar-refractivity contribution in [3.05, 3.63) is 35.9 Å². The zero-order valence-corrected chi connectivity index (χ0v) is 9.76. The van der Waals surface area contributed by atoms with Crippen molar-refractivity contribution in [2.24, 2.45) is 5.73 Å². The summed E-state index contributed by atoms with van der Waals surface area (Å²) >= 11 is 0. The SMILES string of the molecule is NC(=O)[C@H](O[C@H]1CCCNC1)c1ccccc1. The lowest BCUT2D eigenvalue weighted by Crippen LogP contribution is -2.38. The zero-order chi connectivity index (χ0) is 12.1. The molecule has 1 heterocycles. The van der Waals surface area contributed by atoms with Gasteiger partial charge in [0.05, 0.1) is 6.10 Å². The van der Waals surface area contributed by atoms with E-state index in [0.29, 0.717) is 0 Å². The first-order valence-electron chi connectivity index (χ1n) is 5.98. The minimum Gasteiger partial charge on any atom is -0.367 e. The Hall–Kier alpha value is -1.39. The molecule has 4 heteroatoms. The van der Waals surface area contributed by atoms with Gasteiger partial charge in [-0.1, -0.05) is 30.3 Å². The van der Waals surface area contributed by atoms with Crippen molar-refractivity contribution in [2.75, 3.05) is 13.1 Å². The molecule has 4 nitrogen and oxygen atoms in total. The highest BCUT2D eigenvalue weighted by molar-refractivity contribution is 5.80. The summed E-state index contributed by atoms with van der Waals surface area (Å²) in [7, 11) is 0. The maximum Gasteiger partial charge on any atom is 0.251 e. The van der Waals surface area contributed by atoms with Gasteiger partial charge in [-0.3, -0.25) is 4.79 Å². The molecule has 1 aromatic carbocycles. The summed E-state index contributed by atoms with van der Waals surface area (Å²) in [6.07, 6.45) is 1.48. The molecule has 1 aromatic rings. The van der Waals surface area contributed by atoms with Gasteiger partial charge < -0.3 is 15.8 Å². The summed E-state index contributed by atoms with van der Waals surface area (Å²) in [5, 5.41) is 3.25. The second kappa shape index (κ2) is 5.80. The van der Waals surface area contributed by atoms with Crippen LogP contribution in [0, 0.1) is 0 Å². The van der Waals surface area contributed by atoms with E-state index in [4.69, 9.17) is 10.5 Å². The summed E-state index contributed by atoms with van der Waals surface area (Å²) in [5.41, 5.74) is 6.23. The second-order valence-corrected chi connectivity index (χ2v) is 4.30. The monoisotopic (exact) mass is 234 g/mol. The fourth-order valence-corrected chi connectivity index (χ4v) is 2.07. The predicted octanol–water partition coefficient (Wildman–Crippen LogP) is 0.982. The summed E-state index contributed by atoms with van der Waals surface area (Å²) in [4.78, 5) is 11.5. The van der Waals surface area contributed by atoms with Gasteiger partial charge in [0.15, 0.2) is 6.10 Å². The predicted molar refractivity (Wildman–Crippen MR) is 65.4 cm³/mol. The number of carbonyl (C=O) groups excluding carboxylic acids is 1. The van der Waals surface area contributed by atoms with Crippen molar-refractivity contribution >= 4 is 5.91 Å². The third-order valence-corrected chi connectivity index (χ3v) is 2.94. The van der Waals surface area contributed by atoms with Crippen molar-refractivity contribution in [2.45, 2.75) is 25.0 Å². The van der Waals surface area contributed by atoms with Gasteiger partial charge >= 0.3 is 0 Å². The molecule has 1 saturated heterocycles. The molecule has 1 aliphatic rings. The number of nitrogens with one attached hydrogen (secondary N) is 1. The van der Waals surface area contributed by atoms with Crippen LogP contribution in [0.25, 0.3) is 0 Å². The highest BCUT2D eigenvalue weighted by atomic mass is 16.5. The second-order valence-electron chi connectivity index (χ2n) is 4.30. The van der Waals surface area contributed by atoms with Crippen LogP contribution >= 0.6 is 0 Å². The number of amides is 1. The van der Waals surface area contributed by atoms with Crippen LogP contribution in [-0.4, -0.2) is 25.1 Å². The molecule has 1 amide bonds. The summed E-state index contributed by atoms with van der Waals surface area (Å²) in [6.45, 7) is 1.81. The average molecular weight is 234 g/mol. The van der Waals surface area contributed by atoms with Crippen molar-refractivity contribution < 1.29 is 9.53 Å². The molecule has 0 aromatic heterocycles. The van der Waals surface area contributed by atoms with E-state index < -0.39 is 12.0 Å². The topological polar surface area (TPSA) is 64.4 Å². The molecule has 0 unspecified atom stereocenters. The Morgan fingerprint density at radius 2 is 2.18 bits per heavy atom. The summed E-state index contributed by atoms with van der Waals surface area (Å²) < 4.78 is 5.80. The lowest BCUT2D eigenvalue weighted by Gasteiger charge is -2.26. The number of primary amides is 1. The maximum atomic E-state index is 11.5. The van der Waals surface area contributed by atoms with Gasteiger partial charge in [-0.2, -0.15) is 0 Å². The van der Waals surface area contributed by atoms with Crippen molar-refractivity contribution in [1.82, 2.24) is 5.32 Å². The van der Waals surface area contributed by atoms with E-state index in [2.05, 4.69) is 5.32 Å². The molecule has 0 aliphatic carbocycles. The number of piperidine rings is 1. The fourth-order valence-electron chi connectivity index (χ4n) is 2.07. The number of carbonyl (C=O) groups is 1. The van der Waals surface area contributed by atoms with Crippen LogP contribution < -0.4 is 11.1 Å². The lowest BCUT2D eigenvalue weighted by atomic mass is 10.1. The van der Waals surface area contributed by atoms with Gasteiger partial charge in [-0.25, -0.2) is 0 Å². The molecular weight excluding hydrogens is 216 g/mol. The molecule has 0 bridgehead atoms. The molecule has 92 valence electrons. The van der Waals surface area contributed by atoms with Gasteiger partial charge in [0.25, 0.3) is 5.91 Å². The summed E-state index contributed by atoms with van der Waals surface area (Å²) in [6, 6.07) is 9.41. The smallest absolute Gasteiger partial charge is 0.251 e. The third kappa shape index (κ3) is 3.28. The van der Waals surface area contributed by atoms with Crippen LogP contribution in [0.15, 0.2) is 30.3 Å². The molecule has 0 spiro atoms. The number of nitrogens with two attached hydrogens (primary N) is 1. The molecule has 3 N–H and O–H groups in total. The number of benzene rings is 1. The molecule has 2 atom stereocenters. The van der Waals surface area contributed by atoms with Gasteiger partial charge in [0, 0.05) is 6.54 Å². The quantitative estimate of drug-likeness (QED) is 0.816. The van der Waals surface area contributed by atoms with Gasteiger partial charge in [-0.15, -0.1) is 0 Å². The van der Waals surface area contributed by atoms with Crippen molar-refractivity contribution in [3.8, 4) is 0 Å². The molecule has 2 rings (SSSR count). The van der Waals surface area contributed by atoms with Crippen LogP contribution in [0.5, 0.6) is 0 Å². The van der Waals surface area contributed by atoms with Crippen LogP contribution in [0.2, 0.25) is 0 Å². The molecule has 1 aliphatic heterocycles. The van der Waals surface area contributed by atoms with Crippen molar-refractivity contribution in [1.29, 1.82) is 0 Å². The highest BCUT2D eigenvalue weighted by Crippen LogP contribution is 2.21. The standard InChI is InChI=1S/C13H18N2O2/c14-13(16)12(10-5-2-1-3-6-10)17-11-7-4-8-15-9-11/h1-3,5-6,11-12,15H,4,7-9H2,(H2,14,16)/t11-,12+/m0/s1. The van der Waals surface area contributed by atoms with Gasteiger partial charge in [0.1, 0.15) is 0 Å². The van der Waals surface area contributed by atoms with E-state index >= 15 is 0 Å². The average Bonchev–Trinajstić information content (AvgIpc) is 2.38. The molecule has 17 heavy (non-hydrogen) atoms. The number of hydrogen-bond acceptors (Lipinski definition) is 3. The van der Waals surface area contributed by atoms with E-state index in [9.17, 15) is 4.79 Å². The fraction of sp³-hybridized carbons (Fsp3) is 0.462. The van der Waals surface area contributed by atoms with E-state index in [-0.39, 0.29) is 6.10 Å². The molecule has 0 radical (unpaired) electrons. The Morgan fingerprint density at radius 1 is 1.41 bits per heavy atom. The first-order chi connectivity index (χ1) is 8.27. The van der Waals surface area contributed by atoms with E-state index in [1.807, 2.05) is 30.3 Å². The Bertz CT molecular complexity index is 361. The normalized spacial score (nSPS) is 22.0. The summed E-state index contributed by atoms with van der Waals surface area (Å²) in [5.74, 6) is -0.429.